The number of carbonyl (C=O) groups is 1. The van der Waals surface area contributed by atoms with Gasteiger partial charge in [0.05, 0.1) is 6.10 Å². The van der Waals surface area contributed by atoms with Crippen LogP contribution in [0.4, 0.5) is 0 Å². The second-order valence-corrected chi connectivity index (χ2v) is 4.16. The van der Waals surface area contributed by atoms with Crippen LogP contribution in [0, 0.1) is 5.92 Å². The van der Waals surface area contributed by atoms with Crippen molar-refractivity contribution in [1.82, 2.24) is 4.90 Å². The topological polar surface area (TPSA) is 49.8 Å². The summed E-state index contributed by atoms with van der Waals surface area (Å²) in [7, 11) is 0. The lowest BCUT2D eigenvalue weighted by Crippen LogP contribution is -2.31. The predicted octanol–water partition coefficient (Wildman–Crippen LogP) is 1.33. The molecule has 1 unspecified atom stereocenters. The molecule has 1 aliphatic rings. The monoisotopic (exact) mass is 213 g/mol. The van der Waals surface area contributed by atoms with E-state index < -0.39 is 5.97 Å². The van der Waals surface area contributed by atoms with E-state index in [9.17, 15) is 4.79 Å². The molecule has 1 heterocycles. The molecule has 0 spiro atoms. The molecule has 4 nitrogen and oxygen atoms in total. The van der Waals surface area contributed by atoms with Crippen LogP contribution in [0.3, 0.4) is 0 Å². The fourth-order valence-electron chi connectivity index (χ4n) is 1.59. The average Bonchev–Trinajstić information content (AvgIpc) is 2.39. The van der Waals surface area contributed by atoms with Gasteiger partial charge in [0.15, 0.2) is 0 Å². The number of nitrogens with zero attached hydrogens (tertiary/aromatic N) is 1. The summed E-state index contributed by atoms with van der Waals surface area (Å²) in [4.78, 5) is 12.4. The Morgan fingerprint density at radius 1 is 1.60 bits per heavy atom. The zero-order valence-corrected chi connectivity index (χ0v) is 9.35. The largest absolute Gasteiger partial charge is 0.478 e. The summed E-state index contributed by atoms with van der Waals surface area (Å²) in [5.41, 5.74) is 0. The molecule has 0 aliphatic carbocycles. The Morgan fingerprint density at radius 2 is 2.33 bits per heavy atom. The van der Waals surface area contributed by atoms with Gasteiger partial charge in [-0.1, -0.05) is 13.8 Å². The molecule has 1 fully saturated rings. The zero-order chi connectivity index (χ0) is 11.3. The second kappa shape index (κ2) is 5.75. The Hall–Kier alpha value is -1.03. The van der Waals surface area contributed by atoms with Crippen LogP contribution in [0.1, 0.15) is 20.3 Å². The van der Waals surface area contributed by atoms with Gasteiger partial charge in [0, 0.05) is 32.0 Å². The van der Waals surface area contributed by atoms with Crippen molar-refractivity contribution in [2.75, 3.05) is 19.7 Å². The first kappa shape index (κ1) is 12.0. The molecule has 0 bridgehead atoms. The van der Waals surface area contributed by atoms with Gasteiger partial charge in [-0.25, -0.2) is 4.79 Å². The molecular formula is C11H19NO3. The summed E-state index contributed by atoms with van der Waals surface area (Å²) >= 11 is 0. The minimum absolute atomic E-state index is 0.200. The lowest BCUT2D eigenvalue weighted by Gasteiger charge is -2.24. The van der Waals surface area contributed by atoms with Crippen molar-refractivity contribution in [3.8, 4) is 0 Å². The molecular weight excluding hydrogens is 194 g/mol. The SMILES string of the molecule is CC(C)C1CN(/C=C/C(=O)O)CCCO1. The number of carboxylic acids is 1. The van der Waals surface area contributed by atoms with Crippen molar-refractivity contribution in [3.63, 3.8) is 0 Å². The van der Waals surface area contributed by atoms with E-state index in [4.69, 9.17) is 9.84 Å². The minimum Gasteiger partial charge on any atom is -0.478 e. The molecule has 1 saturated heterocycles. The van der Waals surface area contributed by atoms with Gasteiger partial charge in [-0.3, -0.25) is 0 Å². The van der Waals surface area contributed by atoms with Gasteiger partial charge >= 0.3 is 5.97 Å². The van der Waals surface area contributed by atoms with E-state index in [-0.39, 0.29) is 6.10 Å². The van der Waals surface area contributed by atoms with Crippen molar-refractivity contribution in [2.24, 2.45) is 5.92 Å². The van der Waals surface area contributed by atoms with Crippen LogP contribution in [0.5, 0.6) is 0 Å². The van der Waals surface area contributed by atoms with E-state index in [1.165, 1.54) is 6.08 Å². The van der Waals surface area contributed by atoms with Crippen LogP contribution in [0.15, 0.2) is 12.3 Å². The van der Waals surface area contributed by atoms with Gasteiger partial charge in [-0.05, 0) is 12.3 Å². The smallest absolute Gasteiger partial charge is 0.329 e. The van der Waals surface area contributed by atoms with Crippen LogP contribution < -0.4 is 0 Å². The normalized spacial score (nSPS) is 23.4. The highest BCUT2D eigenvalue weighted by atomic mass is 16.5. The molecule has 0 aromatic heterocycles. The van der Waals surface area contributed by atoms with E-state index in [0.29, 0.717) is 5.92 Å². The van der Waals surface area contributed by atoms with E-state index in [2.05, 4.69) is 13.8 Å². The molecule has 15 heavy (non-hydrogen) atoms. The number of hydrogen-bond donors (Lipinski definition) is 1. The molecule has 1 rings (SSSR count). The zero-order valence-electron chi connectivity index (χ0n) is 9.35. The molecule has 0 aromatic carbocycles. The van der Waals surface area contributed by atoms with Crippen molar-refractivity contribution in [3.05, 3.63) is 12.3 Å². The van der Waals surface area contributed by atoms with E-state index in [0.717, 1.165) is 26.1 Å². The summed E-state index contributed by atoms with van der Waals surface area (Å²) in [5, 5.41) is 8.54. The van der Waals surface area contributed by atoms with E-state index >= 15 is 0 Å². The van der Waals surface area contributed by atoms with Crippen LogP contribution >= 0.6 is 0 Å². The molecule has 0 amide bonds. The van der Waals surface area contributed by atoms with E-state index in [1.807, 2.05) is 4.90 Å². The number of hydrogen-bond acceptors (Lipinski definition) is 3. The molecule has 0 saturated carbocycles. The van der Waals surface area contributed by atoms with Crippen molar-refractivity contribution in [2.45, 2.75) is 26.4 Å². The summed E-state index contributed by atoms with van der Waals surface area (Å²) in [6, 6.07) is 0. The summed E-state index contributed by atoms with van der Waals surface area (Å²) < 4.78 is 5.68. The molecule has 0 radical (unpaired) electrons. The van der Waals surface area contributed by atoms with Gasteiger partial charge in [0.1, 0.15) is 0 Å². The Balaban J connectivity index is 2.53. The summed E-state index contributed by atoms with van der Waals surface area (Å²) in [6.45, 7) is 6.65. The molecule has 86 valence electrons. The minimum atomic E-state index is -0.902. The number of ether oxygens (including phenoxy) is 1. The Bertz CT molecular complexity index is 238. The Morgan fingerprint density at radius 3 is 2.93 bits per heavy atom. The maximum atomic E-state index is 10.4. The van der Waals surface area contributed by atoms with Crippen molar-refractivity contribution >= 4 is 5.97 Å². The molecule has 1 N–H and O–H groups in total. The third-order valence-corrected chi connectivity index (χ3v) is 2.51. The number of aliphatic carboxylic acids is 1. The van der Waals surface area contributed by atoms with Gasteiger partial charge in [0.25, 0.3) is 0 Å². The Kier molecular flexibility index (Phi) is 4.62. The Labute approximate surface area is 90.5 Å². The van der Waals surface area contributed by atoms with Gasteiger partial charge in [0.2, 0.25) is 0 Å². The first-order valence-electron chi connectivity index (χ1n) is 5.36. The van der Waals surface area contributed by atoms with Crippen molar-refractivity contribution < 1.29 is 14.6 Å². The average molecular weight is 213 g/mol. The third-order valence-electron chi connectivity index (χ3n) is 2.51. The van der Waals surface area contributed by atoms with Crippen LogP contribution in [0.2, 0.25) is 0 Å². The highest BCUT2D eigenvalue weighted by Crippen LogP contribution is 2.13. The quantitative estimate of drug-likeness (QED) is 0.719. The van der Waals surface area contributed by atoms with Crippen LogP contribution in [-0.4, -0.2) is 41.8 Å². The first-order chi connectivity index (χ1) is 7.09. The maximum absolute atomic E-state index is 10.4. The maximum Gasteiger partial charge on any atom is 0.329 e. The van der Waals surface area contributed by atoms with Crippen LogP contribution in [-0.2, 0) is 9.53 Å². The van der Waals surface area contributed by atoms with Gasteiger partial charge in [-0.2, -0.15) is 0 Å². The lowest BCUT2D eigenvalue weighted by molar-refractivity contribution is -0.131. The highest BCUT2D eigenvalue weighted by Gasteiger charge is 2.19. The van der Waals surface area contributed by atoms with Crippen LogP contribution in [0.25, 0.3) is 0 Å². The van der Waals surface area contributed by atoms with Gasteiger partial charge in [-0.15, -0.1) is 0 Å². The summed E-state index contributed by atoms with van der Waals surface area (Å²) in [6.07, 6.45) is 3.98. The third kappa shape index (κ3) is 4.34. The lowest BCUT2D eigenvalue weighted by atomic mass is 10.1. The predicted molar refractivity (Wildman–Crippen MR) is 57.5 cm³/mol. The molecule has 1 atom stereocenters. The van der Waals surface area contributed by atoms with E-state index in [1.54, 1.807) is 6.20 Å². The number of carboxylic acid groups (broad SMARTS) is 1. The molecule has 1 aliphatic heterocycles. The van der Waals surface area contributed by atoms with Crippen molar-refractivity contribution in [1.29, 1.82) is 0 Å². The highest BCUT2D eigenvalue weighted by molar-refractivity contribution is 5.79. The van der Waals surface area contributed by atoms with Gasteiger partial charge < -0.3 is 14.7 Å². The second-order valence-electron chi connectivity index (χ2n) is 4.16. The summed E-state index contributed by atoms with van der Waals surface area (Å²) in [5.74, 6) is -0.440. The number of rotatable bonds is 3. The standard InChI is InChI=1S/C11H19NO3/c1-9(2)10-8-12(5-3-7-15-10)6-4-11(13)14/h4,6,9-10H,3,5,7-8H2,1-2H3,(H,13,14)/b6-4+. The molecule has 4 heteroatoms. The fraction of sp³-hybridized carbons (Fsp3) is 0.727. The molecule has 0 aromatic rings. The fourth-order valence-corrected chi connectivity index (χ4v) is 1.59. The first-order valence-corrected chi connectivity index (χ1v) is 5.36.